The Labute approximate surface area is 95.8 Å². The minimum Gasteiger partial charge on any atom is -0.468 e. The molecule has 0 aliphatic carbocycles. The second-order valence-electron chi connectivity index (χ2n) is 3.09. The summed E-state index contributed by atoms with van der Waals surface area (Å²) >= 11 is 1.09. The molecule has 88 valence electrons. The molecule has 0 fully saturated rings. The lowest BCUT2D eigenvalue weighted by Crippen LogP contribution is -2.37. The van der Waals surface area contributed by atoms with Crippen molar-refractivity contribution in [2.24, 2.45) is 14.1 Å². The van der Waals surface area contributed by atoms with E-state index in [0.717, 1.165) is 16.3 Å². The molecule has 0 aliphatic heterocycles. The third-order valence-electron chi connectivity index (χ3n) is 2.05. The summed E-state index contributed by atoms with van der Waals surface area (Å²) in [6, 6.07) is 1.31. The van der Waals surface area contributed by atoms with Gasteiger partial charge in [-0.1, -0.05) is 11.8 Å². The molecule has 0 amide bonds. The van der Waals surface area contributed by atoms with Crippen LogP contribution in [0.15, 0.2) is 20.7 Å². The molecular formula is C9H12N2O4S. The van der Waals surface area contributed by atoms with Gasteiger partial charge < -0.3 is 4.74 Å². The number of rotatable bonds is 3. The summed E-state index contributed by atoms with van der Waals surface area (Å²) in [5, 5.41) is 0.443. The van der Waals surface area contributed by atoms with Crippen molar-refractivity contribution in [1.29, 1.82) is 0 Å². The zero-order valence-electron chi connectivity index (χ0n) is 9.22. The highest BCUT2D eigenvalue weighted by atomic mass is 32.2. The van der Waals surface area contributed by atoms with Gasteiger partial charge in [0.2, 0.25) is 0 Å². The number of nitrogens with zero attached hydrogens (tertiary/aromatic N) is 2. The lowest BCUT2D eigenvalue weighted by molar-refractivity contribution is -0.137. The average Bonchev–Trinajstić information content (AvgIpc) is 2.28. The maximum Gasteiger partial charge on any atom is 0.331 e. The first kappa shape index (κ1) is 12.6. The van der Waals surface area contributed by atoms with Gasteiger partial charge in [-0.2, -0.15) is 0 Å². The Morgan fingerprint density at radius 3 is 2.56 bits per heavy atom. The highest BCUT2D eigenvalue weighted by Crippen LogP contribution is 2.13. The van der Waals surface area contributed by atoms with Crippen LogP contribution in [0, 0.1) is 0 Å². The number of hydrogen-bond donors (Lipinski definition) is 0. The van der Waals surface area contributed by atoms with Gasteiger partial charge in [0.1, 0.15) is 0 Å². The van der Waals surface area contributed by atoms with Gasteiger partial charge in [0.25, 0.3) is 5.56 Å². The quantitative estimate of drug-likeness (QED) is 0.401. The first-order valence-electron chi connectivity index (χ1n) is 4.44. The number of hydrogen-bond acceptors (Lipinski definition) is 5. The molecule has 1 heterocycles. The Balaban J connectivity index is 3.03. The van der Waals surface area contributed by atoms with Crippen molar-refractivity contribution >= 4 is 17.7 Å². The molecule has 0 N–H and O–H groups in total. The van der Waals surface area contributed by atoms with Crippen molar-refractivity contribution in [3.8, 4) is 0 Å². The smallest absolute Gasteiger partial charge is 0.331 e. The van der Waals surface area contributed by atoms with Crippen molar-refractivity contribution in [3.05, 3.63) is 26.9 Å². The number of ether oxygens (including phenoxy) is 1. The van der Waals surface area contributed by atoms with Gasteiger partial charge in [0.05, 0.1) is 17.9 Å². The van der Waals surface area contributed by atoms with E-state index in [2.05, 4.69) is 4.74 Å². The van der Waals surface area contributed by atoms with E-state index in [1.165, 1.54) is 24.8 Å². The molecule has 0 bridgehead atoms. The van der Waals surface area contributed by atoms with Gasteiger partial charge in [-0.3, -0.25) is 18.7 Å². The van der Waals surface area contributed by atoms with Crippen molar-refractivity contribution < 1.29 is 9.53 Å². The molecular weight excluding hydrogens is 232 g/mol. The third-order valence-corrected chi connectivity index (χ3v) is 3.12. The SMILES string of the molecule is COC(=O)CSc1cc(=O)n(C)c(=O)n1C. The normalized spacial score (nSPS) is 10.2. The second-order valence-corrected chi connectivity index (χ2v) is 4.08. The molecule has 0 spiro atoms. The molecule has 0 aromatic carbocycles. The summed E-state index contributed by atoms with van der Waals surface area (Å²) in [5.74, 6) is -0.338. The van der Waals surface area contributed by atoms with E-state index in [9.17, 15) is 14.4 Å². The van der Waals surface area contributed by atoms with Crippen molar-refractivity contribution in [2.45, 2.75) is 5.03 Å². The van der Waals surface area contributed by atoms with Crippen molar-refractivity contribution in [1.82, 2.24) is 9.13 Å². The zero-order chi connectivity index (χ0) is 12.3. The second kappa shape index (κ2) is 5.02. The summed E-state index contributed by atoms with van der Waals surface area (Å²) in [6.45, 7) is 0. The summed E-state index contributed by atoms with van der Waals surface area (Å²) < 4.78 is 6.78. The van der Waals surface area contributed by atoms with Gasteiger partial charge in [0.15, 0.2) is 0 Å². The fourth-order valence-corrected chi connectivity index (χ4v) is 1.88. The van der Waals surface area contributed by atoms with Gasteiger partial charge >= 0.3 is 11.7 Å². The molecule has 6 nitrogen and oxygen atoms in total. The van der Waals surface area contributed by atoms with E-state index in [1.54, 1.807) is 7.05 Å². The van der Waals surface area contributed by atoms with E-state index >= 15 is 0 Å². The topological polar surface area (TPSA) is 70.3 Å². The third kappa shape index (κ3) is 2.54. The Morgan fingerprint density at radius 1 is 1.38 bits per heavy atom. The maximum absolute atomic E-state index is 11.5. The van der Waals surface area contributed by atoms with Crippen LogP contribution >= 0.6 is 11.8 Å². The van der Waals surface area contributed by atoms with Gasteiger partial charge in [0, 0.05) is 20.2 Å². The van der Waals surface area contributed by atoms with Gasteiger partial charge in [-0.05, 0) is 0 Å². The monoisotopic (exact) mass is 244 g/mol. The standard InChI is InChI=1S/C9H12N2O4S/c1-10-6(12)4-7(11(2)9(10)14)16-5-8(13)15-3/h4H,5H2,1-3H3. The van der Waals surface area contributed by atoms with Crippen LogP contribution in [0.25, 0.3) is 0 Å². The maximum atomic E-state index is 11.5. The highest BCUT2D eigenvalue weighted by Gasteiger charge is 2.08. The number of carbonyl (C=O) groups is 1. The van der Waals surface area contributed by atoms with Crippen molar-refractivity contribution in [3.63, 3.8) is 0 Å². The molecule has 0 unspecified atom stereocenters. The molecule has 0 radical (unpaired) electrons. The minimum absolute atomic E-state index is 0.0664. The number of aromatic nitrogens is 2. The van der Waals surface area contributed by atoms with E-state index in [-0.39, 0.29) is 5.75 Å². The first-order valence-corrected chi connectivity index (χ1v) is 5.42. The van der Waals surface area contributed by atoms with Crippen LogP contribution in [0.5, 0.6) is 0 Å². The van der Waals surface area contributed by atoms with Gasteiger partial charge in [-0.15, -0.1) is 0 Å². The summed E-state index contributed by atoms with van der Waals surface area (Å²) in [4.78, 5) is 33.8. The Morgan fingerprint density at radius 2 is 2.00 bits per heavy atom. The molecule has 0 saturated carbocycles. The molecule has 16 heavy (non-hydrogen) atoms. The molecule has 0 saturated heterocycles. The Hall–Kier alpha value is -1.50. The zero-order valence-corrected chi connectivity index (χ0v) is 10.0. The van der Waals surface area contributed by atoms with Crippen LogP contribution in [0.2, 0.25) is 0 Å². The highest BCUT2D eigenvalue weighted by molar-refractivity contribution is 7.99. The number of thioether (sulfide) groups is 1. The van der Waals surface area contributed by atoms with Crippen LogP contribution in [0.1, 0.15) is 0 Å². The predicted molar refractivity (Wildman–Crippen MR) is 59.7 cm³/mol. The number of esters is 1. The average molecular weight is 244 g/mol. The molecule has 7 heteroatoms. The summed E-state index contributed by atoms with van der Waals surface area (Å²) in [7, 11) is 4.23. The number of carbonyl (C=O) groups excluding carboxylic acids is 1. The summed E-state index contributed by atoms with van der Waals surface area (Å²) in [6.07, 6.45) is 0. The van der Waals surface area contributed by atoms with E-state index in [4.69, 9.17) is 0 Å². The van der Waals surface area contributed by atoms with Crippen LogP contribution in [-0.4, -0.2) is 28.0 Å². The fraction of sp³-hybridized carbons (Fsp3) is 0.444. The lowest BCUT2D eigenvalue weighted by Gasteiger charge is -2.07. The molecule has 0 aliphatic rings. The summed E-state index contributed by atoms with van der Waals surface area (Å²) in [5.41, 5.74) is -0.810. The fourth-order valence-electron chi connectivity index (χ4n) is 1.04. The van der Waals surface area contributed by atoms with Crippen molar-refractivity contribution in [2.75, 3.05) is 12.9 Å². The van der Waals surface area contributed by atoms with E-state index in [1.807, 2.05) is 0 Å². The molecule has 1 aromatic rings. The van der Waals surface area contributed by atoms with Crippen LogP contribution < -0.4 is 11.2 Å². The largest absolute Gasteiger partial charge is 0.468 e. The Kier molecular flexibility index (Phi) is 3.94. The molecule has 1 aromatic heterocycles. The van der Waals surface area contributed by atoms with E-state index in [0.29, 0.717) is 5.03 Å². The van der Waals surface area contributed by atoms with Crippen LogP contribution in [0.4, 0.5) is 0 Å². The molecule has 0 atom stereocenters. The van der Waals surface area contributed by atoms with Gasteiger partial charge in [-0.25, -0.2) is 4.79 Å². The van der Waals surface area contributed by atoms with Crippen LogP contribution in [0.3, 0.4) is 0 Å². The lowest BCUT2D eigenvalue weighted by atomic mass is 10.6. The van der Waals surface area contributed by atoms with Crippen LogP contribution in [-0.2, 0) is 23.6 Å². The van der Waals surface area contributed by atoms with E-state index < -0.39 is 17.2 Å². The predicted octanol–water partition coefficient (Wildman–Crippen LogP) is -0.651. The Bertz CT molecular complexity index is 517. The first-order chi connectivity index (χ1) is 7.47. The minimum atomic E-state index is -0.417. The molecule has 1 rings (SSSR count). The number of methoxy groups -OCH3 is 1.